The summed E-state index contributed by atoms with van der Waals surface area (Å²) >= 11 is 11.4. The highest BCUT2D eigenvalue weighted by atomic mass is 79.9. The van der Waals surface area contributed by atoms with Crippen LogP contribution < -0.4 is 4.90 Å². The van der Waals surface area contributed by atoms with Gasteiger partial charge in [0.1, 0.15) is 5.82 Å². The summed E-state index contributed by atoms with van der Waals surface area (Å²) in [6.45, 7) is 7.50. The second-order valence-electron chi connectivity index (χ2n) is 8.56. The summed E-state index contributed by atoms with van der Waals surface area (Å²) in [5.74, 6) is 0.0748. The number of hydrogen-bond acceptors (Lipinski definition) is 2. The molecule has 4 fully saturated rings. The van der Waals surface area contributed by atoms with Crippen LogP contribution in [0.1, 0.15) is 26.7 Å². The molecule has 148 valence electrons. The third-order valence-electron chi connectivity index (χ3n) is 7.63. The van der Waals surface area contributed by atoms with E-state index in [4.69, 9.17) is 0 Å². The Morgan fingerprint density at radius 1 is 1.11 bits per heavy atom. The number of nitrogens with zero attached hydrogens (tertiary/aromatic N) is 2. The lowest BCUT2D eigenvalue weighted by Crippen LogP contribution is -2.73. The Kier molecular flexibility index (Phi) is 5.00. The normalized spacial score (nSPS) is 34.7. The number of benzene rings is 1. The van der Waals surface area contributed by atoms with E-state index in [1.54, 1.807) is 0 Å². The van der Waals surface area contributed by atoms with Crippen molar-refractivity contribution in [1.82, 2.24) is 4.90 Å². The van der Waals surface area contributed by atoms with Crippen molar-refractivity contribution in [2.75, 3.05) is 31.1 Å². The molecule has 0 N–H and O–H groups in total. The Hall–Kier alpha value is -0.140. The average molecular weight is 567 g/mol. The monoisotopic (exact) mass is 564 g/mol. The molecule has 1 aromatic carbocycles. The van der Waals surface area contributed by atoms with Crippen LogP contribution in [0.2, 0.25) is 0 Å². The lowest BCUT2D eigenvalue weighted by Gasteiger charge is -2.67. The van der Waals surface area contributed by atoms with Gasteiger partial charge in [-0.3, -0.25) is 4.79 Å². The maximum atomic E-state index is 13.6. The number of alkyl halides is 3. The van der Waals surface area contributed by atoms with Gasteiger partial charge in [0.2, 0.25) is 5.91 Å². The first-order chi connectivity index (χ1) is 12.7. The van der Waals surface area contributed by atoms with Crippen molar-refractivity contribution in [2.24, 2.45) is 16.2 Å². The first kappa shape index (κ1) is 20.1. The number of anilines is 1. The lowest BCUT2D eigenvalue weighted by atomic mass is 9.43. The van der Waals surface area contributed by atoms with Gasteiger partial charge in [-0.2, -0.15) is 0 Å². The predicted molar refractivity (Wildman–Crippen MR) is 117 cm³/mol. The van der Waals surface area contributed by atoms with Crippen molar-refractivity contribution in [3.05, 3.63) is 30.1 Å². The van der Waals surface area contributed by atoms with Crippen molar-refractivity contribution in [2.45, 2.75) is 35.3 Å². The van der Waals surface area contributed by atoms with Gasteiger partial charge in [-0.15, -0.1) is 0 Å². The van der Waals surface area contributed by atoms with Crippen molar-refractivity contribution in [1.29, 1.82) is 0 Å². The third kappa shape index (κ3) is 2.49. The van der Waals surface area contributed by atoms with Crippen LogP contribution in [0.5, 0.6) is 0 Å². The summed E-state index contributed by atoms with van der Waals surface area (Å²) in [5, 5.41) is 0. The molecule has 4 aliphatic rings. The maximum Gasteiger partial charge on any atom is 0.230 e. The molecule has 1 saturated heterocycles. The van der Waals surface area contributed by atoms with Gasteiger partial charge in [0.25, 0.3) is 0 Å². The first-order valence-corrected chi connectivity index (χ1v) is 12.2. The molecule has 2 bridgehead atoms. The summed E-state index contributed by atoms with van der Waals surface area (Å²) in [4.78, 5) is 18.1. The molecule has 7 heteroatoms. The number of fused-ring (bicyclic) bond motifs is 1. The molecule has 1 aliphatic heterocycles. The molecule has 0 radical (unpaired) electrons. The van der Waals surface area contributed by atoms with Gasteiger partial charge >= 0.3 is 0 Å². The summed E-state index contributed by atoms with van der Waals surface area (Å²) in [6.07, 6.45) is 1.97. The summed E-state index contributed by atoms with van der Waals surface area (Å²) in [5.41, 5.74) is 0.672. The molecule has 1 amide bonds. The minimum Gasteiger partial charge on any atom is -0.368 e. The standard InChI is InChI=1S/C20H24Br3FN2O/c1-18(2)19(16(22)23)7-8-20(18,15(19)21)17(27)26-11-9-25(10-12-26)14-5-3-13(24)4-6-14/h3-6,15-16H,7-12H2,1-2H3/t15-,19-,20-/m1/s1. The SMILES string of the molecule is CC1(C)[C@]2(C(=O)N3CCN(c4ccc(F)cc4)CC3)CC[C@]1(C(Br)Br)[C@H]2Br. The van der Waals surface area contributed by atoms with Gasteiger partial charge in [-0.05, 0) is 42.5 Å². The van der Waals surface area contributed by atoms with Gasteiger partial charge in [-0.1, -0.05) is 61.6 Å². The van der Waals surface area contributed by atoms with Gasteiger partial charge < -0.3 is 9.80 Å². The average Bonchev–Trinajstić information content (AvgIpc) is 3.12. The molecule has 0 spiro atoms. The second-order valence-corrected chi connectivity index (χ2v) is 12.5. The molecule has 3 saturated carbocycles. The Morgan fingerprint density at radius 2 is 1.70 bits per heavy atom. The largest absolute Gasteiger partial charge is 0.368 e. The Balaban J connectivity index is 1.48. The molecule has 1 heterocycles. The van der Waals surface area contributed by atoms with Crippen molar-refractivity contribution in [3.8, 4) is 0 Å². The number of amides is 1. The van der Waals surface area contributed by atoms with Crippen LogP contribution in [0.25, 0.3) is 0 Å². The summed E-state index contributed by atoms with van der Waals surface area (Å²) in [7, 11) is 0. The maximum absolute atomic E-state index is 13.6. The zero-order valence-corrected chi connectivity index (χ0v) is 20.3. The number of piperazine rings is 1. The highest BCUT2D eigenvalue weighted by Gasteiger charge is 2.83. The zero-order chi connectivity index (χ0) is 19.6. The van der Waals surface area contributed by atoms with Crippen molar-refractivity contribution < 1.29 is 9.18 Å². The van der Waals surface area contributed by atoms with Crippen LogP contribution >= 0.6 is 47.8 Å². The van der Waals surface area contributed by atoms with Gasteiger partial charge in [0, 0.05) is 42.1 Å². The van der Waals surface area contributed by atoms with E-state index in [0.717, 1.165) is 31.6 Å². The second kappa shape index (κ2) is 6.69. The van der Waals surface area contributed by atoms with Crippen LogP contribution in [0.4, 0.5) is 10.1 Å². The molecule has 27 heavy (non-hydrogen) atoms. The lowest BCUT2D eigenvalue weighted by molar-refractivity contribution is -0.173. The van der Waals surface area contributed by atoms with Gasteiger partial charge in [-0.25, -0.2) is 4.39 Å². The molecule has 3 nitrogen and oxygen atoms in total. The molecule has 5 rings (SSSR count). The Bertz CT molecular complexity index is 748. The van der Waals surface area contributed by atoms with E-state index in [1.807, 2.05) is 17.0 Å². The number of hydrogen-bond donors (Lipinski definition) is 0. The van der Waals surface area contributed by atoms with Crippen LogP contribution in [-0.2, 0) is 4.79 Å². The minimum absolute atomic E-state index is 0.0542. The zero-order valence-electron chi connectivity index (χ0n) is 15.5. The molecular weight excluding hydrogens is 543 g/mol. The first-order valence-electron chi connectivity index (χ1n) is 9.40. The van der Waals surface area contributed by atoms with Crippen LogP contribution in [-0.4, -0.2) is 45.5 Å². The molecular formula is C20H24Br3FN2O. The molecule has 1 aromatic rings. The van der Waals surface area contributed by atoms with Crippen LogP contribution in [0.3, 0.4) is 0 Å². The number of carbonyl (C=O) groups excluding carboxylic acids is 1. The molecule has 0 unspecified atom stereocenters. The van der Waals surface area contributed by atoms with E-state index in [2.05, 4.69) is 66.5 Å². The number of carbonyl (C=O) groups is 1. The Morgan fingerprint density at radius 3 is 2.19 bits per heavy atom. The van der Waals surface area contributed by atoms with E-state index in [9.17, 15) is 9.18 Å². The van der Waals surface area contributed by atoms with E-state index in [1.165, 1.54) is 12.1 Å². The molecule has 3 atom stereocenters. The summed E-state index contributed by atoms with van der Waals surface area (Å²) < 4.78 is 13.3. The van der Waals surface area contributed by atoms with Crippen molar-refractivity contribution >= 4 is 59.4 Å². The van der Waals surface area contributed by atoms with E-state index in [-0.39, 0.29) is 30.6 Å². The Labute approximate surface area is 185 Å². The molecule has 0 aromatic heterocycles. The highest BCUT2D eigenvalue weighted by molar-refractivity contribution is 9.24. The number of halogens is 4. The topological polar surface area (TPSA) is 23.6 Å². The van der Waals surface area contributed by atoms with Crippen LogP contribution in [0, 0.1) is 22.1 Å². The van der Waals surface area contributed by atoms with Gasteiger partial charge in [0.05, 0.1) is 9.15 Å². The predicted octanol–water partition coefficient (Wildman–Crippen LogP) is 5.16. The van der Waals surface area contributed by atoms with Crippen LogP contribution in [0.15, 0.2) is 24.3 Å². The van der Waals surface area contributed by atoms with E-state index >= 15 is 0 Å². The summed E-state index contributed by atoms with van der Waals surface area (Å²) in [6, 6.07) is 6.61. The third-order valence-corrected chi connectivity index (χ3v) is 10.9. The van der Waals surface area contributed by atoms with E-state index in [0.29, 0.717) is 19.0 Å². The fraction of sp³-hybridized carbons (Fsp3) is 0.650. The quantitative estimate of drug-likeness (QED) is 0.472. The fourth-order valence-electron chi connectivity index (χ4n) is 5.77. The smallest absolute Gasteiger partial charge is 0.230 e. The minimum atomic E-state index is -0.329. The number of rotatable bonds is 3. The van der Waals surface area contributed by atoms with Crippen molar-refractivity contribution in [3.63, 3.8) is 0 Å². The fourth-order valence-corrected chi connectivity index (χ4v) is 10.7. The van der Waals surface area contributed by atoms with E-state index < -0.39 is 0 Å². The molecule has 3 aliphatic carbocycles. The highest BCUT2D eigenvalue weighted by Crippen LogP contribution is 2.82. The van der Waals surface area contributed by atoms with Gasteiger partial charge in [0.15, 0.2) is 0 Å².